The quantitative estimate of drug-likeness (QED) is 0.743. The van der Waals surface area contributed by atoms with Crippen LogP contribution >= 0.6 is 0 Å². The van der Waals surface area contributed by atoms with E-state index in [1.165, 1.54) is 0 Å². The second kappa shape index (κ2) is 5.35. The number of carbonyl (C=O) groups excluding carboxylic acids is 1. The molecule has 0 fully saturated rings. The van der Waals surface area contributed by atoms with Crippen LogP contribution in [0.15, 0.2) is 36.4 Å². The van der Waals surface area contributed by atoms with E-state index >= 15 is 0 Å². The van der Waals surface area contributed by atoms with Crippen LogP contribution in [0.2, 0.25) is 0 Å². The van der Waals surface area contributed by atoms with Gasteiger partial charge in [-0.3, -0.25) is 0 Å². The molecule has 2 aromatic rings. The van der Waals surface area contributed by atoms with E-state index in [0.717, 1.165) is 28.5 Å². The van der Waals surface area contributed by atoms with Crippen molar-refractivity contribution in [3.05, 3.63) is 58.9 Å². The largest absolute Gasteiger partial charge is 0.303 e. The molecule has 1 nitrogen and oxygen atoms in total. The first-order valence-electron chi connectivity index (χ1n) is 6.35. The predicted molar refractivity (Wildman–Crippen MR) is 75.8 cm³/mol. The molecule has 0 aliphatic rings. The van der Waals surface area contributed by atoms with E-state index in [0.29, 0.717) is 5.56 Å². The predicted octanol–water partition coefficient (Wildman–Crippen LogP) is 4.41. The lowest BCUT2D eigenvalue weighted by Crippen LogP contribution is -1.97. The summed E-state index contributed by atoms with van der Waals surface area (Å²) in [5, 5.41) is 0. The molecule has 2 aromatic carbocycles. The minimum atomic E-state index is -0.194. The summed E-state index contributed by atoms with van der Waals surface area (Å²) in [5.41, 5.74) is 4.55. The van der Waals surface area contributed by atoms with Gasteiger partial charge in [0.15, 0.2) is 0 Å². The van der Waals surface area contributed by atoms with E-state index in [-0.39, 0.29) is 11.7 Å². The fourth-order valence-corrected chi connectivity index (χ4v) is 2.21. The highest BCUT2D eigenvalue weighted by Gasteiger charge is 2.09. The summed E-state index contributed by atoms with van der Waals surface area (Å²) in [6.07, 6.45) is 0.938. The monoisotopic (exact) mass is 256 g/mol. The van der Waals surface area contributed by atoms with Crippen molar-refractivity contribution >= 4 is 6.29 Å². The van der Waals surface area contributed by atoms with Crippen molar-refractivity contribution in [2.24, 2.45) is 0 Å². The van der Waals surface area contributed by atoms with Gasteiger partial charge in [0.05, 0.1) is 0 Å². The van der Waals surface area contributed by atoms with Crippen molar-refractivity contribution in [3.63, 3.8) is 0 Å². The van der Waals surface area contributed by atoms with E-state index in [2.05, 4.69) is 0 Å². The Morgan fingerprint density at radius 3 is 2.21 bits per heavy atom. The van der Waals surface area contributed by atoms with Crippen molar-refractivity contribution in [1.82, 2.24) is 0 Å². The van der Waals surface area contributed by atoms with Gasteiger partial charge in [-0.15, -0.1) is 0 Å². The Kier molecular flexibility index (Phi) is 3.79. The van der Waals surface area contributed by atoms with Crippen LogP contribution in [0.3, 0.4) is 0 Å². The number of benzene rings is 2. The average molecular weight is 256 g/mol. The summed E-state index contributed by atoms with van der Waals surface area (Å²) < 4.78 is 13.6. The van der Waals surface area contributed by atoms with Crippen molar-refractivity contribution in [2.75, 3.05) is 0 Å². The number of hydrogen-bond donors (Lipinski definition) is 0. The van der Waals surface area contributed by atoms with E-state index < -0.39 is 0 Å². The van der Waals surface area contributed by atoms with Gasteiger partial charge in [-0.1, -0.05) is 37.3 Å². The molecule has 0 aliphatic carbocycles. The Morgan fingerprint density at radius 1 is 1.00 bits per heavy atom. The molecule has 1 unspecified atom stereocenters. The lowest BCUT2D eigenvalue weighted by atomic mass is 9.93. The summed E-state index contributed by atoms with van der Waals surface area (Å²) >= 11 is 0. The van der Waals surface area contributed by atoms with Crippen molar-refractivity contribution < 1.29 is 9.18 Å². The van der Waals surface area contributed by atoms with Gasteiger partial charge in [0.2, 0.25) is 0 Å². The minimum absolute atomic E-state index is 0.108. The Morgan fingerprint density at radius 2 is 1.63 bits per heavy atom. The maximum atomic E-state index is 13.6. The van der Waals surface area contributed by atoms with Gasteiger partial charge in [-0.2, -0.15) is 0 Å². The summed E-state index contributed by atoms with van der Waals surface area (Å²) in [6, 6.07) is 11.1. The second-order valence-corrected chi connectivity index (χ2v) is 4.96. The third-order valence-corrected chi connectivity index (χ3v) is 3.47. The van der Waals surface area contributed by atoms with Crippen LogP contribution in [-0.4, -0.2) is 6.29 Å². The molecule has 19 heavy (non-hydrogen) atoms. The molecule has 0 saturated heterocycles. The average Bonchev–Trinajstić information content (AvgIpc) is 2.41. The number of aryl methyl sites for hydroxylation is 2. The van der Waals surface area contributed by atoms with Gasteiger partial charge in [0, 0.05) is 5.92 Å². The summed E-state index contributed by atoms with van der Waals surface area (Å²) in [5.74, 6) is -0.302. The van der Waals surface area contributed by atoms with Crippen LogP contribution < -0.4 is 0 Å². The van der Waals surface area contributed by atoms with E-state index in [9.17, 15) is 9.18 Å². The van der Waals surface area contributed by atoms with Crippen LogP contribution in [0.5, 0.6) is 0 Å². The third kappa shape index (κ3) is 2.73. The van der Waals surface area contributed by atoms with Crippen molar-refractivity contribution in [1.29, 1.82) is 0 Å². The molecule has 98 valence electrons. The zero-order chi connectivity index (χ0) is 14.0. The highest BCUT2D eigenvalue weighted by atomic mass is 19.1. The second-order valence-electron chi connectivity index (χ2n) is 4.96. The fourth-order valence-electron chi connectivity index (χ4n) is 2.21. The lowest BCUT2D eigenvalue weighted by molar-refractivity contribution is -0.108. The van der Waals surface area contributed by atoms with Gasteiger partial charge in [0.25, 0.3) is 0 Å². The fraction of sp³-hybridized carbons (Fsp3) is 0.235. The first-order chi connectivity index (χ1) is 9.02. The molecule has 0 aliphatic heterocycles. The number of aldehydes is 1. The Bertz CT molecular complexity index is 617. The van der Waals surface area contributed by atoms with Gasteiger partial charge < -0.3 is 4.79 Å². The summed E-state index contributed by atoms with van der Waals surface area (Å²) in [7, 11) is 0. The molecule has 2 heteroatoms. The smallest absolute Gasteiger partial charge is 0.127 e. The highest BCUT2D eigenvalue weighted by molar-refractivity contribution is 5.68. The lowest BCUT2D eigenvalue weighted by Gasteiger charge is -2.11. The summed E-state index contributed by atoms with van der Waals surface area (Å²) in [6.45, 7) is 5.60. The van der Waals surface area contributed by atoms with Gasteiger partial charge in [0.1, 0.15) is 12.1 Å². The van der Waals surface area contributed by atoms with Crippen LogP contribution in [0.4, 0.5) is 4.39 Å². The Balaban J connectivity index is 2.44. The molecule has 0 N–H and O–H groups in total. The van der Waals surface area contributed by atoms with Crippen molar-refractivity contribution in [3.8, 4) is 11.1 Å². The van der Waals surface area contributed by atoms with Gasteiger partial charge >= 0.3 is 0 Å². The molecule has 0 aromatic heterocycles. The zero-order valence-electron chi connectivity index (χ0n) is 11.4. The zero-order valence-corrected chi connectivity index (χ0v) is 11.4. The number of hydrogen-bond acceptors (Lipinski definition) is 1. The third-order valence-electron chi connectivity index (χ3n) is 3.47. The molecular weight excluding hydrogens is 239 g/mol. The molecular formula is C17H17FO. The normalized spacial score (nSPS) is 12.2. The summed E-state index contributed by atoms with van der Waals surface area (Å²) in [4.78, 5) is 10.8. The number of rotatable bonds is 3. The van der Waals surface area contributed by atoms with Crippen LogP contribution in [0.1, 0.15) is 29.5 Å². The topological polar surface area (TPSA) is 17.1 Å². The molecule has 0 amide bonds. The molecule has 0 bridgehead atoms. The first kappa shape index (κ1) is 13.5. The minimum Gasteiger partial charge on any atom is -0.303 e. The maximum absolute atomic E-state index is 13.6. The molecule has 0 heterocycles. The highest BCUT2D eigenvalue weighted by Crippen LogP contribution is 2.26. The number of carbonyl (C=O) groups is 1. The molecule has 1 atom stereocenters. The molecule has 0 saturated carbocycles. The SMILES string of the molecule is Cc1ccc(-c2ccc(C(C)C=O)c(C)c2)cc1F. The standard InChI is InChI=1S/C17H17FO/c1-11-4-5-15(9-17(11)18)14-6-7-16(12(2)8-14)13(3)10-19/h4-10,13H,1-3H3. The first-order valence-corrected chi connectivity index (χ1v) is 6.35. The molecule has 0 radical (unpaired) electrons. The number of halogens is 1. The van der Waals surface area contributed by atoms with Gasteiger partial charge in [-0.25, -0.2) is 4.39 Å². The van der Waals surface area contributed by atoms with Crippen molar-refractivity contribution in [2.45, 2.75) is 26.7 Å². The van der Waals surface area contributed by atoms with Gasteiger partial charge in [-0.05, 0) is 47.7 Å². The maximum Gasteiger partial charge on any atom is 0.127 e. The van der Waals surface area contributed by atoms with Crippen LogP contribution in [-0.2, 0) is 4.79 Å². The van der Waals surface area contributed by atoms with E-state index in [1.807, 2.05) is 38.1 Å². The molecule has 2 rings (SSSR count). The Hall–Kier alpha value is -1.96. The van der Waals surface area contributed by atoms with Crippen LogP contribution in [0.25, 0.3) is 11.1 Å². The molecule has 0 spiro atoms. The van der Waals surface area contributed by atoms with Crippen LogP contribution in [0, 0.1) is 19.7 Å². The Labute approximate surface area is 113 Å². The van der Waals surface area contributed by atoms with E-state index in [4.69, 9.17) is 0 Å². The van der Waals surface area contributed by atoms with E-state index in [1.54, 1.807) is 19.1 Å².